The molecule has 3 unspecified atom stereocenters. The van der Waals surface area contributed by atoms with Crippen molar-refractivity contribution in [1.82, 2.24) is 10.6 Å². The lowest BCUT2D eigenvalue weighted by Gasteiger charge is -2.19. The van der Waals surface area contributed by atoms with Crippen LogP contribution in [-0.4, -0.2) is 77.7 Å². The van der Waals surface area contributed by atoms with Crippen LogP contribution in [-0.2, 0) is 33.4 Å². The first-order valence-electron chi connectivity index (χ1n) is 10.8. The number of nitrogens with two attached hydrogens (primary N) is 1. The lowest BCUT2D eigenvalue weighted by molar-refractivity contribution is -0.148. The predicted octanol–water partition coefficient (Wildman–Crippen LogP) is 0.300. The van der Waals surface area contributed by atoms with E-state index in [9.17, 15) is 24.0 Å². The molecule has 0 fully saturated rings. The highest BCUT2D eigenvalue weighted by molar-refractivity contribution is 7.99. The Hall–Kier alpha value is -2.34. The van der Waals surface area contributed by atoms with Gasteiger partial charge in [0.1, 0.15) is 18.6 Å². The summed E-state index contributed by atoms with van der Waals surface area (Å²) >= 11 is 1.27. The van der Waals surface area contributed by atoms with Crippen LogP contribution in [0.2, 0.25) is 0 Å². The first-order chi connectivity index (χ1) is 15.3. The number of rotatable bonds is 16. The van der Waals surface area contributed by atoms with Gasteiger partial charge in [-0.05, 0) is 26.2 Å². The van der Waals surface area contributed by atoms with Gasteiger partial charge in [-0.1, -0.05) is 20.8 Å². The number of hydrogen-bond acceptors (Lipinski definition) is 9. The van der Waals surface area contributed by atoms with Gasteiger partial charge in [-0.15, -0.1) is 0 Å². The standard InChI is InChI=1S/C21H37N3O8S/c1-12(2)9-31-21(30)14(5)10-33-11-16(19(27)23-8-18(26)32-13(3)4)24-17(25)7-6-15(22)20(28)29/h12-16H,6-11,22H2,1-5H3,(H,23,27)(H,24,25)(H,28,29). The summed E-state index contributed by atoms with van der Waals surface area (Å²) in [5.74, 6) is -3.06. The van der Waals surface area contributed by atoms with Gasteiger partial charge < -0.3 is 30.9 Å². The van der Waals surface area contributed by atoms with E-state index < -0.39 is 41.8 Å². The maximum atomic E-state index is 12.5. The Balaban J connectivity index is 4.86. The fourth-order valence-corrected chi connectivity index (χ4v) is 3.36. The smallest absolute Gasteiger partial charge is 0.325 e. The van der Waals surface area contributed by atoms with E-state index >= 15 is 0 Å². The third kappa shape index (κ3) is 15.2. The molecule has 0 aromatic carbocycles. The molecule has 12 heteroatoms. The summed E-state index contributed by atoms with van der Waals surface area (Å²) in [6, 6.07) is -2.20. The highest BCUT2D eigenvalue weighted by Gasteiger charge is 2.24. The van der Waals surface area contributed by atoms with E-state index in [1.807, 2.05) is 13.8 Å². The Morgan fingerprint density at radius 2 is 1.67 bits per heavy atom. The molecule has 0 heterocycles. The molecule has 0 saturated carbocycles. The quantitative estimate of drug-likeness (QED) is 0.220. The van der Waals surface area contributed by atoms with Crippen LogP contribution in [0.4, 0.5) is 0 Å². The summed E-state index contributed by atoms with van der Waals surface area (Å²) in [6.07, 6.45) is -0.618. The Morgan fingerprint density at radius 3 is 2.21 bits per heavy atom. The molecule has 190 valence electrons. The monoisotopic (exact) mass is 491 g/mol. The Bertz CT molecular complexity index is 672. The summed E-state index contributed by atoms with van der Waals surface area (Å²) in [5.41, 5.74) is 5.40. The highest BCUT2D eigenvalue weighted by Crippen LogP contribution is 2.13. The number of hydrogen-bond donors (Lipinski definition) is 4. The van der Waals surface area contributed by atoms with E-state index in [1.165, 1.54) is 11.8 Å². The SMILES string of the molecule is CC(C)COC(=O)C(C)CSCC(NC(=O)CCC(N)C(=O)O)C(=O)NCC(=O)OC(C)C. The van der Waals surface area contributed by atoms with Crippen LogP contribution >= 0.6 is 11.8 Å². The average Bonchev–Trinajstić information content (AvgIpc) is 2.72. The first-order valence-corrected chi connectivity index (χ1v) is 12.0. The molecule has 0 aliphatic rings. The molecule has 2 amide bonds. The summed E-state index contributed by atoms with van der Waals surface area (Å²) in [6.45, 7) is 8.87. The van der Waals surface area contributed by atoms with Crippen molar-refractivity contribution >= 4 is 41.5 Å². The van der Waals surface area contributed by atoms with Gasteiger partial charge in [0.15, 0.2) is 0 Å². The minimum Gasteiger partial charge on any atom is -0.480 e. The lowest BCUT2D eigenvalue weighted by atomic mass is 10.1. The van der Waals surface area contributed by atoms with Crippen LogP contribution in [0.3, 0.4) is 0 Å². The number of carboxylic acid groups (broad SMARTS) is 1. The second kappa shape index (κ2) is 16.3. The van der Waals surface area contributed by atoms with Crippen LogP contribution in [0.25, 0.3) is 0 Å². The topological polar surface area (TPSA) is 174 Å². The molecule has 0 aromatic heterocycles. The van der Waals surface area contributed by atoms with Crippen LogP contribution in [0, 0.1) is 11.8 Å². The Labute approximate surface area is 198 Å². The number of nitrogens with one attached hydrogen (secondary N) is 2. The fraction of sp³-hybridized carbons (Fsp3) is 0.762. The minimum atomic E-state index is -1.23. The van der Waals surface area contributed by atoms with Gasteiger partial charge in [0.05, 0.1) is 18.6 Å². The van der Waals surface area contributed by atoms with E-state index in [0.29, 0.717) is 12.4 Å². The molecule has 0 aromatic rings. The zero-order valence-electron chi connectivity index (χ0n) is 19.9. The fourth-order valence-electron chi connectivity index (χ4n) is 2.27. The number of carbonyl (C=O) groups is 5. The highest BCUT2D eigenvalue weighted by atomic mass is 32.2. The second-order valence-corrected chi connectivity index (χ2v) is 9.40. The number of carbonyl (C=O) groups excluding carboxylic acids is 4. The van der Waals surface area contributed by atoms with Crippen molar-refractivity contribution in [2.75, 3.05) is 24.7 Å². The van der Waals surface area contributed by atoms with E-state index in [-0.39, 0.29) is 43.1 Å². The summed E-state index contributed by atoms with van der Waals surface area (Å²) in [4.78, 5) is 59.2. The molecule has 0 radical (unpaired) electrons. The zero-order chi connectivity index (χ0) is 25.6. The van der Waals surface area contributed by atoms with Crippen molar-refractivity contribution in [1.29, 1.82) is 0 Å². The van der Waals surface area contributed by atoms with Crippen LogP contribution in [0.15, 0.2) is 0 Å². The molecule has 0 bridgehead atoms. The van der Waals surface area contributed by atoms with Crippen molar-refractivity contribution in [3.8, 4) is 0 Å². The molecule has 11 nitrogen and oxygen atoms in total. The van der Waals surface area contributed by atoms with E-state index in [2.05, 4.69) is 10.6 Å². The second-order valence-electron chi connectivity index (χ2n) is 8.32. The maximum Gasteiger partial charge on any atom is 0.325 e. The molecule has 0 spiro atoms. The molecular formula is C21H37N3O8S. The summed E-state index contributed by atoms with van der Waals surface area (Å²) in [5, 5.41) is 13.8. The number of amides is 2. The number of ether oxygens (including phenoxy) is 2. The van der Waals surface area contributed by atoms with Gasteiger partial charge in [-0.25, -0.2) is 0 Å². The number of aliphatic carboxylic acids is 1. The van der Waals surface area contributed by atoms with Gasteiger partial charge in [0, 0.05) is 17.9 Å². The Kier molecular flexibility index (Phi) is 15.1. The lowest BCUT2D eigenvalue weighted by Crippen LogP contribution is -2.50. The first kappa shape index (κ1) is 30.7. The third-order valence-electron chi connectivity index (χ3n) is 4.04. The largest absolute Gasteiger partial charge is 0.480 e. The van der Waals surface area contributed by atoms with Crippen molar-refractivity contribution in [2.45, 2.75) is 65.6 Å². The zero-order valence-corrected chi connectivity index (χ0v) is 20.7. The van der Waals surface area contributed by atoms with Gasteiger partial charge >= 0.3 is 17.9 Å². The van der Waals surface area contributed by atoms with Gasteiger partial charge in [-0.3, -0.25) is 24.0 Å². The maximum absolute atomic E-state index is 12.5. The van der Waals surface area contributed by atoms with Crippen molar-refractivity contribution < 1.29 is 38.6 Å². The van der Waals surface area contributed by atoms with Gasteiger partial charge in [0.25, 0.3) is 0 Å². The molecule has 3 atom stereocenters. The van der Waals surface area contributed by atoms with Crippen molar-refractivity contribution in [2.24, 2.45) is 17.6 Å². The van der Waals surface area contributed by atoms with Crippen LogP contribution in [0.5, 0.6) is 0 Å². The average molecular weight is 492 g/mol. The molecule has 0 rings (SSSR count). The van der Waals surface area contributed by atoms with Crippen LogP contribution in [0.1, 0.15) is 47.5 Å². The number of thioether (sulfide) groups is 1. The van der Waals surface area contributed by atoms with E-state index in [0.717, 1.165) is 0 Å². The molecule has 5 N–H and O–H groups in total. The van der Waals surface area contributed by atoms with E-state index in [4.69, 9.17) is 20.3 Å². The molecule has 0 aliphatic carbocycles. The number of esters is 2. The molecular weight excluding hydrogens is 454 g/mol. The summed E-state index contributed by atoms with van der Waals surface area (Å²) in [7, 11) is 0. The normalized spacial score (nSPS) is 13.7. The number of carboxylic acids is 1. The molecule has 33 heavy (non-hydrogen) atoms. The van der Waals surface area contributed by atoms with Crippen LogP contribution < -0.4 is 16.4 Å². The van der Waals surface area contributed by atoms with Gasteiger partial charge in [0.2, 0.25) is 11.8 Å². The van der Waals surface area contributed by atoms with Crippen molar-refractivity contribution in [3.05, 3.63) is 0 Å². The Morgan fingerprint density at radius 1 is 1.03 bits per heavy atom. The van der Waals surface area contributed by atoms with Gasteiger partial charge in [-0.2, -0.15) is 11.8 Å². The molecule has 0 saturated heterocycles. The minimum absolute atomic E-state index is 0.0951. The summed E-state index contributed by atoms with van der Waals surface area (Å²) < 4.78 is 10.2. The van der Waals surface area contributed by atoms with E-state index in [1.54, 1.807) is 20.8 Å². The molecule has 0 aliphatic heterocycles. The van der Waals surface area contributed by atoms with Crippen molar-refractivity contribution in [3.63, 3.8) is 0 Å². The predicted molar refractivity (Wildman–Crippen MR) is 123 cm³/mol. The third-order valence-corrected chi connectivity index (χ3v) is 5.34.